The van der Waals surface area contributed by atoms with Crippen LogP contribution in [0.25, 0.3) is 50.6 Å². The first kappa shape index (κ1) is 15.8. The number of para-hydroxylation sites is 3. The molecule has 0 aliphatic rings. The number of fused-ring (bicyclic) bond motifs is 3. The van der Waals surface area contributed by atoms with Crippen LogP contribution < -0.4 is 5.73 Å². The number of benzene rings is 2. The lowest BCUT2D eigenvalue weighted by Gasteiger charge is -2.10. The Kier molecular flexibility index (Phi) is 3.05. The second-order valence-electron chi connectivity index (χ2n) is 6.79. The number of nitrogen functional groups attached to an aromatic ring is 1. The van der Waals surface area contributed by atoms with Gasteiger partial charge in [-0.05, 0) is 41.0 Å². The maximum atomic E-state index is 6.66. The number of nitrogens with two attached hydrogens (primary N) is 1. The van der Waals surface area contributed by atoms with E-state index in [4.69, 9.17) is 15.3 Å². The lowest BCUT2D eigenvalue weighted by atomic mass is 10.2. The Bertz CT molecular complexity index is 1510. The second kappa shape index (κ2) is 5.61. The SMILES string of the molecule is Cc1ccccc1-n1c(N)c(-c2nc3ccccc3[nH]2)c2nc3nonc3nc21. The van der Waals surface area contributed by atoms with Crippen LogP contribution in [0.1, 0.15) is 5.56 Å². The molecule has 0 aliphatic heterocycles. The van der Waals surface area contributed by atoms with Crippen molar-refractivity contribution in [3.05, 3.63) is 54.1 Å². The van der Waals surface area contributed by atoms with Gasteiger partial charge in [0.15, 0.2) is 5.65 Å². The normalized spacial score (nSPS) is 11.8. The number of rotatable bonds is 2. The van der Waals surface area contributed by atoms with Crippen molar-refractivity contribution in [2.24, 2.45) is 0 Å². The van der Waals surface area contributed by atoms with Crippen molar-refractivity contribution in [1.29, 1.82) is 0 Å². The lowest BCUT2D eigenvalue weighted by Crippen LogP contribution is -2.03. The first-order valence-corrected chi connectivity index (χ1v) is 9.02. The summed E-state index contributed by atoms with van der Waals surface area (Å²) in [4.78, 5) is 17.3. The number of nitrogens with one attached hydrogen (secondary N) is 1. The third-order valence-corrected chi connectivity index (χ3v) is 5.02. The summed E-state index contributed by atoms with van der Waals surface area (Å²) in [5.74, 6) is 1.10. The minimum absolute atomic E-state index is 0.316. The van der Waals surface area contributed by atoms with E-state index in [1.54, 1.807) is 0 Å². The maximum Gasteiger partial charge on any atom is 0.245 e. The Hall–Kier alpha value is -4.27. The van der Waals surface area contributed by atoms with E-state index in [0.29, 0.717) is 39.7 Å². The molecule has 0 radical (unpaired) electrons. The molecule has 9 heteroatoms. The Labute approximate surface area is 163 Å². The van der Waals surface area contributed by atoms with Crippen LogP contribution in [0.4, 0.5) is 5.82 Å². The zero-order valence-electron chi connectivity index (χ0n) is 15.3. The molecule has 0 spiro atoms. The quantitative estimate of drug-likeness (QED) is 0.470. The van der Waals surface area contributed by atoms with Gasteiger partial charge < -0.3 is 10.7 Å². The van der Waals surface area contributed by atoms with Gasteiger partial charge in [-0.3, -0.25) is 4.57 Å². The average molecular weight is 382 g/mol. The van der Waals surface area contributed by atoms with E-state index in [0.717, 1.165) is 22.3 Å². The molecule has 0 fully saturated rings. The van der Waals surface area contributed by atoms with Crippen molar-refractivity contribution in [3.63, 3.8) is 0 Å². The van der Waals surface area contributed by atoms with Gasteiger partial charge in [0.25, 0.3) is 0 Å². The van der Waals surface area contributed by atoms with E-state index in [1.165, 1.54) is 0 Å². The number of H-pyrrole nitrogens is 1. The minimum Gasteiger partial charge on any atom is -0.384 e. The van der Waals surface area contributed by atoms with Crippen LogP contribution in [0.3, 0.4) is 0 Å². The van der Waals surface area contributed by atoms with Crippen LogP contribution in [-0.4, -0.2) is 34.8 Å². The first-order valence-electron chi connectivity index (χ1n) is 9.02. The third kappa shape index (κ3) is 2.18. The van der Waals surface area contributed by atoms with Crippen molar-refractivity contribution in [3.8, 4) is 17.1 Å². The largest absolute Gasteiger partial charge is 0.384 e. The molecule has 4 heterocycles. The van der Waals surface area contributed by atoms with Gasteiger partial charge in [0, 0.05) is 0 Å². The lowest BCUT2D eigenvalue weighted by molar-refractivity contribution is 0.314. The van der Waals surface area contributed by atoms with Crippen LogP contribution in [-0.2, 0) is 0 Å². The number of imidazole rings is 1. The zero-order valence-corrected chi connectivity index (χ0v) is 15.3. The van der Waals surface area contributed by atoms with Gasteiger partial charge in [-0.2, -0.15) is 0 Å². The molecule has 6 rings (SSSR count). The topological polar surface area (TPSA) is 124 Å². The van der Waals surface area contributed by atoms with Crippen LogP contribution in [0.2, 0.25) is 0 Å². The third-order valence-electron chi connectivity index (χ3n) is 5.02. The van der Waals surface area contributed by atoms with Gasteiger partial charge in [-0.1, -0.05) is 30.3 Å². The highest BCUT2D eigenvalue weighted by molar-refractivity contribution is 6.01. The molecule has 0 aliphatic carbocycles. The minimum atomic E-state index is 0.316. The van der Waals surface area contributed by atoms with E-state index >= 15 is 0 Å². The number of aromatic amines is 1. The van der Waals surface area contributed by atoms with Crippen LogP contribution in [0, 0.1) is 6.92 Å². The molecule has 4 aromatic heterocycles. The molecule has 2 aromatic carbocycles. The highest BCUT2D eigenvalue weighted by Gasteiger charge is 2.24. The van der Waals surface area contributed by atoms with Gasteiger partial charge in [0.05, 0.1) is 22.3 Å². The second-order valence-corrected chi connectivity index (χ2v) is 6.79. The van der Waals surface area contributed by atoms with Crippen LogP contribution in [0.5, 0.6) is 0 Å². The standard InChI is InChI=1S/C20H14N8O/c1-10-6-2-5-9-13(10)28-16(21)14(17-22-11-7-3-4-8-12(11)23-17)15-20(28)25-19-18(24-15)26-29-27-19/h2-9H,21H2,1H3,(H,22,23). The van der Waals surface area contributed by atoms with E-state index < -0.39 is 0 Å². The zero-order chi connectivity index (χ0) is 19.5. The summed E-state index contributed by atoms with van der Waals surface area (Å²) in [6, 6.07) is 15.7. The van der Waals surface area contributed by atoms with E-state index in [-0.39, 0.29) is 0 Å². The first-order chi connectivity index (χ1) is 14.2. The summed E-state index contributed by atoms with van der Waals surface area (Å²) in [6.45, 7) is 2.02. The Morgan fingerprint density at radius 1 is 0.931 bits per heavy atom. The molecular weight excluding hydrogens is 368 g/mol. The van der Waals surface area contributed by atoms with Gasteiger partial charge in [0.1, 0.15) is 17.2 Å². The predicted octanol–water partition coefficient (Wildman–Crippen LogP) is 3.39. The van der Waals surface area contributed by atoms with E-state index in [2.05, 4.69) is 25.3 Å². The van der Waals surface area contributed by atoms with Gasteiger partial charge in [0.2, 0.25) is 11.3 Å². The summed E-state index contributed by atoms with van der Waals surface area (Å²) in [5, 5.41) is 7.67. The number of aryl methyl sites for hydroxylation is 1. The van der Waals surface area contributed by atoms with Gasteiger partial charge >= 0.3 is 0 Å². The number of hydrogen-bond acceptors (Lipinski definition) is 7. The number of anilines is 1. The molecule has 0 saturated heterocycles. The summed E-state index contributed by atoms with van der Waals surface area (Å²) >= 11 is 0. The van der Waals surface area contributed by atoms with Crippen molar-refractivity contribution < 1.29 is 4.63 Å². The molecule has 0 unspecified atom stereocenters. The Morgan fingerprint density at radius 3 is 2.52 bits per heavy atom. The van der Waals surface area contributed by atoms with Crippen molar-refractivity contribution >= 4 is 39.3 Å². The average Bonchev–Trinajstić information content (AvgIpc) is 3.41. The highest BCUT2D eigenvalue weighted by atomic mass is 16.6. The Balaban J connectivity index is 1.76. The molecule has 0 amide bonds. The fraction of sp³-hybridized carbons (Fsp3) is 0.0500. The maximum absolute atomic E-state index is 6.66. The Morgan fingerprint density at radius 2 is 1.69 bits per heavy atom. The molecule has 6 aromatic rings. The molecule has 140 valence electrons. The highest BCUT2D eigenvalue weighted by Crippen LogP contribution is 2.37. The van der Waals surface area contributed by atoms with Gasteiger partial charge in [-0.15, -0.1) is 0 Å². The van der Waals surface area contributed by atoms with E-state index in [1.807, 2.05) is 60.0 Å². The monoisotopic (exact) mass is 382 g/mol. The fourth-order valence-corrected chi connectivity index (χ4v) is 3.66. The van der Waals surface area contributed by atoms with Crippen molar-refractivity contribution in [1.82, 2.24) is 34.8 Å². The molecule has 0 saturated carbocycles. The van der Waals surface area contributed by atoms with Crippen LogP contribution in [0.15, 0.2) is 53.2 Å². The smallest absolute Gasteiger partial charge is 0.245 e. The number of aromatic nitrogens is 7. The number of nitrogens with zero attached hydrogens (tertiary/aromatic N) is 6. The fourth-order valence-electron chi connectivity index (χ4n) is 3.66. The van der Waals surface area contributed by atoms with Crippen molar-refractivity contribution in [2.75, 3.05) is 5.73 Å². The van der Waals surface area contributed by atoms with E-state index in [9.17, 15) is 0 Å². The molecule has 9 nitrogen and oxygen atoms in total. The van der Waals surface area contributed by atoms with Crippen molar-refractivity contribution in [2.45, 2.75) is 6.92 Å². The molecular formula is C20H14N8O. The predicted molar refractivity (Wildman–Crippen MR) is 108 cm³/mol. The number of hydrogen-bond donors (Lipinski definition) is 2. The van der Waals surface area contributed by atoms with Gasteiger partial charge in [-0.25, -0.2) is 19.6 Å². The molecule has 0 bridgehead atoms. The molecule has 3 N–H and O–H groups in total. The summed E-state index contributed by atoms with van der Waals surface area (Å²) in [6.07, 6.45) is 0. The summed E-state index contributed by atoms with van der Waals surface area (Å²) in [5.41, 5.74) is 12.8. The molecule has 29 heavy (non-hydrogen) atoms. The summed E-state index contributed by atoms with van der Waals surface area (Å²) in [7, 11) is 0. The molecule has 0 atom stereocenters. The van der Waals surface area contributed by atoms with Crippen LogP contribution >= 0.6 is 0 Å². The summed E-state index contributed by atoms with van der Waals surface area (Å²) < 4.78 is 6.68.